The fourth-order valence-corrected chi connectivity index (χ4v) is 3.84. The molecule has 1 saturated carbocycles. The number of hydrogen-bond donors (Lipinski definition) is 2. The zero-order valence-corrected chi connectivity index (χ0v) is 13.5. The van der Waals surface area contributed by atoms with Gasteiger partial charge in [-0.2, -0.15) is 0 Å². The molecule has 0 aromatic rings. The number of amides is 3. The van der Waals surface area contributed by atoms with Crippen molar-refractivity contribution >= 4 is 24.3 Å². The van der Waals surface area contributed by atoms with E-state index in [2.05, 4.69) is 10.2 Å². The number of nitrogens with one attached hydrogen (secondary N) is 1. The van der Waals surface area contributed by atoms with Crippen LogP contribution in [0.15, 0.2) is 0 Å². The van der Waals surface area contributed by atoms with Crippen molar-refractivity contribution in [2.75, 3.05) is 26.2 Å². The van der Waals surface area contributed by atoms with Crippen molar-refractivity contribution < 1.29 is 9.59 Å². The van der Waals surface area contributed by atoms with Crippen molar-refractivity contribution in [2.24, 2.45) is 17.6 Å². The Kier molecular flexibility index (Phi) is 4.52. The second-order valence-corrected chi connectivity index (χ2v) is 6.94. The third-order valence-electron chi connectivity index (χ3n) is 5.07. The van der Waals surface area contributed by atoms with E-state index < -0.39 is 5.54 Å². The number of halogens is 1. The van der Waals surface area contributed by atoms with Crippen LogP contribution < -0.4 is 11.1 Å². The number of fused-ring (bicyclic) bond motifs is 1. The lowest BCUT2D eigenvalue weighted by atomic mass is 9.98. The van der Waals surface area contributed by atoms with Gasteiger partial charge in [0.05, 0.1) is 0 Å². The number of likely N-dealkylation sites (tertiary alicyclic amines) is 1. The first-order valence-corrected chi connectivity index (χ1v) is 7.50. The number of rotatable bonds is 3. The zero-order chi connectivity index (χ0) is 14.5. The second-order valence-electron chi connectivity index (χ2n) is 6.94. The second kappa shape index (κ2) is 5.74. The number of imide groups is 1. The Balaban J connectivity index is 0.00000161. The molecule has 3 atom stereocenters. The van der Waals surface area contributed by atoms with Crippen LogP contribution >= 0.6 is 12.4 Å². The van der Waals surface area contributed by atoms with Crippen molar-refractivity contribution in [2.45, 2.75) is 38.3 Å². The van der Waals surface area contributed by atoms with Gasteiger partial charge in [-0.05, 0) is 38.5 Å². The summed E-state index contributed by atoms with van der Waals surface area (Å²) in [5.41, 5.74) is 5.36. The Labute approximate surface area is 131 Å². The van der Waals surface area contributed by atoms with Gasteiger partial charge in [0.2, 0.25) is 0 Å². The topological polar surface area (TPSA) is 78.7 Å². The Morgan fingerprint density at radius 3 is 2.52 bits per heavy atom. The Bertz CT molecular complexity index is 443. The number of hydrogen-bond acceptors (Lipinski definition) is 4. The van der Waals surface area contributed by atoms with Gasteiger partial charge in [0.25, 0.3) is 5.91 Å². The Hall–Kier alpha value is -0.850. The molecule has 0 bridgehead atoms. The third kappa shape index (κ3) is 2.89. The summed E-state index contributed by atoms with van der Waals surface area (Å²) in [6.45, 7) is 6.79. The molecule has 21 heavy (non-hydrogen) atoms. The first-order valence-electron chi connectivity index (χ1n) is 7.50. The summed E-state index contributed by atoms with van der Waals surface area (Å²) in [6.07, 6.45) is 2.36. The molecule has 3 rings (SSSR count). The van der Waals surface area contributed by atoms with E-state index >= 15 is 0 Å². The molecule has 0 aromatic carbocycles. The van der Waals surface area contributed by atoms with Gasteiger partial charge in [0.15, 0.2) is 0 Å². The maximum atomic E-state index is 12.1. The van der Waals surface area contributed by atoms with E-state index in [0.29, 0.717) is 24.4 Å². The normalized spacial score (nSPS) is 34.8. The molecule has 0 spiro atoms. The molecular weight excluding hydrogens is 292 g/mol. The Morgan fingerprint density at radius 1 is 1.24 bits per heavy atom. The summed E-state index contributed by atoms with van der Waals surface area (Å²) < 4.78 is 0. The summed E-state index contributed by atoms with van der Waals surface area (Å²) in [4.78, 5) is 27.6. The number of carbonyl (C=O) groups is 2. The molecule has 3 amide bonds. The lowest BCUT2D eigenvalue weighted by Gasteiger charge is -2.21. The van der Waals surface area contributed by atoms with E-state index in [1.165, 1.54) is 11.3 Å². The number of carbonyl (C=O) groups excluding carboxylic acids is 2. The lowest BCUT2D eigenvalue weighted by Crippen LogP contribution is -2.42. The quantitative estimate of drug-likeness (QED) is 0.739. The monoisotopic (exact) mass is 316 g/mol. The van der Waals surface area contributed by atoms with Crippen LogP contribution in [0, 0.1) is 11.8 Å². The van der Waals surface area contributed by atoms with Gasteiger partial charge in [-0.1, -0.05) is 0 Å². The van der Waals surface area contributed by atoms with Crippen molar-refractivity contribution in [1.29, 1.82) is 0 Å². The average molecular weight is 317 g/mol. The highest BCUT2D eigenvalue weighted by Gasteiger charge is 2.45. The molecule has 6 nitrogen and oxygen atoms in total. The van der Waals surface area contributed by atoms with E-state index in [1.807, 2.05) is 0 Å². The predicted octanol–water partition coefficient (Wildman–Crippen LogP) is 0.408. The number of nitrogens with two attached hydrogens (primary N) is 1. The van der Waals surface area contributed by atoms with Gasteiger partial charge >= 0.3 is 6.03 Å². The van der Waals surface area contributed by atoms with E-state index in [4.69, 9.17) is 5.73 Å². The largest absolute Gasteiger partial charge is 0.327 e. The van der Waals surface area contributed by atoms with E-state index in [-0.39, 0.29) is 24.3 Å². The van der Waals surface area contributed by atoms with Gasteiger partial charge in [-0.3, -0.25) is 9.69 Å². The first kappa shape index (κ1) is 16.5. The smallest absolute Gasteiger partial charge is 0.325 e. The summed E-state index contributed by atoms with van der Waals surface area (Å²) in [5.74, 6) is 1.19. The van der Waals surface area contributed by atoms with E-state index in [9.17, 15) is 9.59 Å². The number of nitrogens with zero attached hydrogens (tertiary/aromatic N) is 2. The molecule has 7 heteroatoms. The van der Waals surface area contributed by atoms with Gasteiger partial charge in [-0.15, -0.1) is 12.4 Å². The molecule has 0 aromatic heterocycles. The zero-order valence-electron chi connectivity index (χ0n) is 12.7. The molecule has 2 aliphatic heterocycles. The summed E-state index contributed by atoms with van der Waals surface area (Å²) >= 11 is 0. The van der Waals surface area contributed by atoms with Crippen molar-refractivity contribution in [1.82, 2.24) is 15.1 Å². The van der Waals surface area contributed by atoms with Crippen LogP contribution in [0.5, 0.6) is 0 Å². The van der Waals surface area contributed by atoms with Crippen molar-refractivity contribution in [3.05, 3.63) is 0 Å². The maximum absolute atomic E-state index is 12.1. The highest BCUT2D eigenvalue weighted by atomic mass is 35.5. The highest BCUT2D eigenvalue weighted by Crippen LogP contribution is 2.36. The average Bonchev–Trinajstić information content (AvgIpc) is 2.96. The molecular formula is C14H25ClN4O2. The molecule has 2 saturated heterocycles. The van der Waals surface area contributed by atoms with Crippen LogP contribution in [0.3, 0.4) is 0 Å². The molecule has 3 unspecified atom stereocenters. The van der Waals surface area contributed by atoms with Crippen molar-refractivity contribution in [3.8, 4) is 0 Å². The Morgan fingerprint density at radius 2 is 1.95 bits per heavy atom. The van der Waals surface area contributed by atoms with E-state index in [1.54, 1.807) is 13.8 Å². The molecule has 1 aliphatic carbocycles. The lowest BCUT2D eigenvalue weighted by molar-refractivity contribution is -0.130. The van der Waals surface area contributed by atoms with Gasteiger partial charge in [-0.25, -0.2) is 4.79 Å². The predicted molar refractivity (Wildman–Crippen MR) is 82.2 cm³/mol. The standard InChI is InChI=1S/C14H24N4O2.ClH/c1-14(2)12(19)18(13(20)16-14)6-5-17-7-9-3-4-11(15)10(9)8-17;/h9-11H,3-8,15H2,1-2H3,(H,16,20);1H. The minimum Gasteiger partial charge on any atom is -0.327 e. The maximum Gasteiger partial charge on any atom is 0.325 e. The minimum absolute atomic E-state index is 0. The molecule has 3 fully saturated rings. The minimum atomic E-state index is -0.763. The summed E-state index contributed by atoms with van der Waals surface area (Å²) in [5, 5.41) is 2.71. The first-order chi connectivity index (χ1) is 9.38. The fraction of sp³-hybridized carbons (Fsp3) is 0.857. The van der Waals surface area contributed by atoms with Crippen LogP contribution in [-0.4, -0.2) is 59.5 Å². The van der Waals surface area contributed by atoms with E-state index in [0.717, 1.165) is 26.1 Å². The molecule has 2 heterocycles. The van der Waals surface area contributed by atoms with Crippen LogP contribution in [0.2, 0.25) is 0 Å². The molecule has 3 N–H and O–H groups in total. The van der Waals surface area contributed by atoms with Crippen molar-refractivity contribution in [3.63, 3.8) is 0 Å². The SMILES string of the molecule is CC1(C)NC(=O)N(CCN2CC3CCC(N)C3C2)C1=O.Cl. The summed E-state index contributed by atoms with van der Waals surface area (Å²) in [7, 11) is 0. The number of urea groups is 1. The van der Waals surface area contributed by atoms with Crippen LogP contribution in [-0.2, 0) is 4.79 Å². The molecule has 3 aliphatic rings. The van der Waals surface area contributed by atoms with Crippen LogP contribution in [0.25, 0.3) is 0 Å². The van der Waals surface area contributed by atoms with Gasteiger partial charge in [0.1, 0.15) is 5.54 Å². The van der Waals surface area contributed by atoms with Crippen LogP contribution in [0.4, 0.5) is 4.79 Å². The summed E-state index contributed by atoms with van der Waals surface area (Å²) in [6, 6.07) is 0.0664. The van der Waals surface area contributed by atoms with Gasteiger partial charge in [0, 0.05) is 32.2 Å². The van der Waals surface area contributed by atoms with Gasteiger partial charge < -0.3 is 16.0 Å². The van der Waals surface area contributed by atoms with Crippen LogP contribution in [0.1, 0.15) is 26.7 Å². The molecule has 120 valence electrons. The molecule has 0 radical (unpaired) electrons. The third-order valence-corrected chi connectivity index (χ3v) is 5.07. The highest BCUT2D eigenvalue weighted by molar-refractivity contribution is 6.06. The fourth-order valence-electron chi connectivity index (χ4n) is 3.84.